The van der Waals surface area contributed by atoms with Gasteiger partial charge >= 0.3 is 0 Å². The second-order valence-corrected chi connectivity index (χ2v) is 4.09. The van der Waals surface area contributed by atoms with Crippen LogP contribution in [0.2, 0.25) is 0 Å². The minimum atomic E-state index is 0.0186. The molecule has 0 fully saturated rings. The Balaban J connectivity index is 2.40. The van der Waals surface area contributed by atoms with E-state index in [0.29, 0.717) is 18.3 Å². The molecule has 1 amide bonds. The van der Waals surface area contributed by atoms with Crippen molar-refractivity contribution in [3.8, 4) is 0 Å². The molecule has 0 aliphatic carbocycles. The highest BCUT2D eigenvalue weighted by molar-refractivity contribution is 5.78. The van der Waals surface area contributed by atoms with E-state index in [4.69, 9.17) is 0 Å². The minimum absolute atomic E-state index is 0.0186. The van der Waals surface area contributed by atoms with Crippen molar-refractivity contribution >= 4 is 5.91 Å². The highest BCUT2D eigenvalue weighted by Crippen LogP contribution is 2.09. The fraction of sp³-hybridized carbons (Fsp3) is 0.700. The Hall–Kier alpha value is -1.39. The number of carbonyl (C=O) groups excluding carboxylic acids is 1. The number of amides is 1. The van der Waals surface area contributed by atoms with Crippen molar-refractivity contribution in [1.82, 2.24) is 20.5 Å². The van der Waals surface area contributed by atoms with Crippen molar-refractivity contribution in [2.75, 3.05) is 0 Å². The predicted octanol–water partition coefficient (Wildman–Crippen LogP) is 1.02. The molecule has 0 aliphatic rings. The quantitative estimate of drug-likeness (QED) is 0.779. The van der Waals surface area contributed by atoms with Gasteiger partial charge in [0.1, 0.15) is 5.82 Å². The molecule has 0 spiro atoms. The Kier molecular flexibility index (Phi) is 3.82. The van der Waals surface area contributed by atoms with E-state index in [0.717, 1.165) is 5.82 Å². The number of hydrogen-bond donors (Lipinski definition) is 2. The van der Waals surface area contributed by atoms with E-state index in [1.165, 1.54) is 0 Å². The Bertz CT molecular complexity index is 332. The molecule has 0 saturated carbocycles. The summed E-state index contributed by atoms with van der Waals surface area (Å²) < 4.78 is 0. The zero-order valence-electron chi connectivity index (χ0n) is 9.66. The molecule has 0 aliphatic heterocycles. The van der Waals surface area contributed by atoms with Crippen LogP contribution in [0.5, 0.6) is 0 Å². The molecular formula is C10H18N4O. The molecule has 2 N–H and O–H groups in total. The van der Waals surface area contributed by atoms with Gasteiger partial charge in [-0.15, -0.1) is 0 Å². The molecule has 5 heteroatoms. The zero-order chi connectivity index (χ0) is 11.4. The Labute approximate surface area is 89.7 Å². The largest absolute Gasteiger partial charge is 0.348 e. The second-order valence-electron chi connectivity index (χ2n) is 4.09. The van der Waals surface area contributed by atoms with E-state index in [9.17, 15) is 4.79 Å². The lowest BCUT2D eigenvalue weighted by molar-refractivity contribution is -0.125. The summed E-state index contributed by atoms with van der Waals surface area (Å²) >= 11 is 0. The van der Waals surface area contributed by atoms with Crippen LogP contribution in [-0.2, 0) is 11.3 Å². The van der Waals surface area contributed by atoms with Gasteiger partial charge in [-0.1, -0.05) is 20.8 Å². The fourth-order valence-corrected chi connectivity index (χ4v) is 1.10. The lowest BCUT2D eigenvalue weighted by Gasteiger charge is -2.14. The number of rotatable bonds is 4. The average Bonchev–Trinajstić information content (AvgIpc) is 2.59. The number of hydrogen-bond acceptors (Lipinski definition) is 3. The normalized spacial score (nSPS) is 12.9. The number of aryl methyl sites for hydroxylation is 1. The van der Waals surface area contributed by atoms with Crippen LogP contribution >= 0.6 is 0 Å². The van der Waals surface area contributed by atoms with E-state index in [2.05, 4.69) is 20.5 Å². The molecule has 0 unspecified atom stereocenters. The molecule has 1 heterocycles. The zero-order valence-corrected chi connectivity index (χ0v) is 9.66. The number of nitrogens with zero attached hydrogens (tertiary/aromatic N) is 2. The van der Waals surface area contributed by atoms with Crippen molar-refractivity contribution in [1.29, 1.82) is 0 Å². The summed E-state index contributed by atoms with van der Waals surface area (Å²) in [7, 11) is 0. The lowest BCUT2D eigenvalue weighted by Crippen LogP contribution is -2.31. The molecule has 5 nitrogen and oxygen atoms in total. The fourth-order valence-electron chi connectivity index (χ4n) is 1.10. The first-order chi connectivity index (χ1) is 7.00. The summed E-state index contributed by atoms with van der Waals surface area (Å²) in [5.41, 5.74) is 0. The standard InChI is InChI=1S/C10H18N4O/c1-6(2)7(3)10(15)11-5-9-12-8(4)13-14-9/h6-7H,5H2,1-4H3,(H,11,15)(H,12,13,14)/t7-/m0/s1. The third-order valence-electron chi connectivity index (χ3n) is 2.48. The van der Waals surface area contributed by atoms with E-state index in [1.807, 2.05) is 27.7 Å². The first-order valence-corrected chi connectivity index (χ1v) is 5.16. The van der Waals surface area contributed by atoms with Gasteiger partial charge in [0.05, 0.1) is 6.54 Å². The average molecular weight is 210 g/mol. The van der Waals surface area contributed by atoms with Gasteiger partial charge in [0.15, 0.2) is 5.82 Å². The van der Waals surface area contributed by atoms with Crippen LogP contribution in [0.15, 0.2) is 0 Å². The van der Waals surface area contributed by atoms with Gasteiger partial charge < -0.3 is 5.32 Å². The van der Waals surface area contributed by atoms with Crippen LogP contribution in [-0.4, -0.2) is 21.1 Å². The third kappa shape index (κ3) is 3.34. The SMILES string of the molecule is Cc1nc(CNC(=O)[C@@H](C)C(C)C)n[nH]1. The smallest absolute Gasteiger partial charge is 0.223 e. The summed E-state index contributed by atoms with van der Waals surface area (Å²) in [5.74, 6) is 1.80. The molecule has 1 rings (SSSR count). The van der Waals surface area contributed by atoms with Crippen LogP contribution in [0.3, 0.4) is 0 Å². The molecular weight excluding hydrogens is 192 g/mol. The first kappa shape index (κ1) is 11.7. The first-order valence-electron chi connectivity index (χ1n) is 5.16. The van der Waals surface area contributed by atoms with Crippen molar-refractivity contribution in [3.63, 3.8) is 0 Å². The molecule has 1 atom stereocenters. The van der Waals surface area contributed by atoms with E-state index < -0.39 is 0 Å². The summed E-state index contributed by atoms with van der Waals surface area (Å²) in [6, 6.07) is 0. The van der Waals surface area contributed by atoms with Gasteiger partial charge in [0.2, 0.25) is 5.91 Å². The number of carbonyl (C=O) groups is 1. The molecule has 84 valence electrons. The highest BCUT2D eigenvalue weighted by atomic mass is 16.1. The summed E-state index contributed by atoms with van der Waals surface area (Å²) in [4.78, 5) is 15.7. The maximum Gasteiger partial charge on any atom is 0.223 e. The predicted molar refractivity (Wildman–Crippen MR) is 57.0 cm³/mol. The van der Waals surface area contributed by atoms with Gasteiger partial charge in [0, 0.05) is 5.92 Å². The number of aromatic nitrogens is 3. The van der Waals surface area contributed by atoms with Gasteiger partial charge in [-0.05, 0) is 12.8 Å². The lowest BCUT2D eigenvalue weighted by atomic mass is 9.97. The summed E-state index contributed by atoms with van der Waals surface area (Å²) in [5, 5.41) is 9.48. The number of H-pyrrole nitrogens is 1. The molecule has 1 aromatic heterocycles. The molecule has 0 radical (unpaired) electrons. The van der Waals surface area contributed by atoms with Crippen molar-refractivity contribution in [3.05, 3.63) is 11.6 Å². The Morgan fingerprint density at radius 3 is 2.60 bits per heavy atom. The van der Waals surface area contributed by atoms with Crippen molar-refractivity contribution < 1.29 is 4.79 Å². The van der Waals surface area contributed by atoms with Crippen molar-refractivity contribution in [2.45, 2.75) is 34.2 Å². The molecule has 0 bridgehead atoms. The molecule has 0 aromatic carbocycles. The maximum atomic E-state index is 11.6. The number of aromatic amines is 1. The number of nitrogens with one attached hydrogen (secondary N) is 2. The molecule has 15 heavy (non-hydrogen) atoms. The van der Waals surface area contributed by atoms with Crippen LogP contribution in [0, 0.1) is 18.8 Å². The van der Waals surface area contributed by atoms with Crippen LogP contribution in [0.25, 0.3) is 0 Å². The van der Waals surface area contributed by atoms with E-state index in [-0.39, 0.29) is 11.8 Å². The van der Waals surface area contributed by atoms with Gasteiger partial charge in [-0.3, -0.25) is 9.89 Å². The van der Waals surface area contributed by atoms with Crippen LogP contribution < -0.4 is 5.32 Å². The second kappa shape index (κ2) is 4.91. The van der Waals surface area contributed by atoms with E-state index >= 15 is 0 Å². The Morgan fingerprint density at radius 1 is 1.47 bits per heavy atom. The van der Waals surface area contributed by atoms with Gasteiger partial charge in [-0.25, -0.2) is 4.98 Å². The minimum Gasteiger partial charge on any atom is -0.348 e. The summed E-state index contributed by atoms with van der Waals surface area (Å²) in [6.07, 6.45) is 0. The molecule has 1 aromatic rings. The molecule has 0 saturated heterocycles. The monoisotopic (exact) mass is 210 g/mol. The van der Waals surface area contributed by atoms with Gasteiger partial charge in [0.25, 0.3) is 0 Å². The maximum absolute atomic E-state index is 11.6. The Morgan fingerprint density at radius 2 is 2.13 bits per heavy atom. The van der Waals surface area contributed by atoms with E-state index in [1.54, 1.807) is 0 Å². The van der Waals surface area contributed by atoms with Crippen LogP contribution in [0.4, 0.5) is 0 Å². The summed E-state index contributed by atoms with van der Waals surface area (Å²) in [6.45, 7) is 8.20. The van der Waals surface area contributed by atoms with Crippen molar-refractivity contribution in [2.24, 2.45) is 11.8 Å². The topological polar surface area (TPSA) is 70.7 Å². The van der Waals surface area contributed by atoms with Crippen LogP contribution in [0.1, 0.15) is 32.4 Å². The van der Waals surface area contributed by atoms with Gasteiger partial charge in [-0.2, -0.15) is 5.10 Å². The highest BCUT2D eigenvalue weighted by Gasteiger charge is 2.16. The third-order valence-corrected chi connectivity index (χ3v) is 2.48.